The molecular weight excluding hydrogens is 428 g/mol. The zero-order chi connectivity index (χ0) is 23.0. The summed E-state index contributed by atoms with van der Waals surface area (Å²) in [5, 5.41) is 13.7. The average molecular weight is 457 g/mol. The third-order valence-electron chi connectivity index (χ3n) is 6.38. The molecule has 170 valence electrons. The number of carbonyl (C=O) groups is 1. The van der Waals surface area contributed by atoms with Crippen LogP contribution >= 0.6 is 0 Å². The van der Waals surface area contributed by atoms with E-state index < -0.39 is 16.1 Å². The van der Waals surface area contributed by atoms with Crippen LogP contribution in [0, 0.1) is 12.8 Å². The number of aromatic nitrogens is 2. The third-order valence-corrected chi connectivity index (χ3v) is 8.36. The van der Waals surface area contributed by atoms with Gasteiger partial charge in [0.25, 0.3) is 5.91 Å². The number of sulfonamides is 1. The van der Waals surface area contributed by atoms with Crippen molar-refractivity contribution >= 4 is 26.8 Å². The molecule has 0 spiro atoms. The minimum absolute atomic E-state index is 0.0771. The Bertz CT molecular complexity index is 1260. The predicted octanol–water partition coefficient (Wildman–Crippen LogP) is 2.20. The molecule has 9 heteroatoms. The summed E-state index contributed by atoms with van der Waals surface area (Å²) in [4.78, 5) is 17.4. The molecule has 2 atom stereocenters. The van der Waals surface area contributed by atoms with Crippen LogP contribution in [0.1, 0.15) is 35.1 Å². The van der Waals surface area contributed by atoms with Gasteiger partial charge in [-0.1, -0.05) is 18.2 Å². The summed E-state index contributed by atoms with van der Waals surface area (Å²) in [6, 6.07) is 11.0. The van der Waals surface area contributed by atoms with Crippen molar-refractivity contribution < 1.29 is 18.3 Å². The summed E-state index contributed by atoms with van der Waals surface area (Å²) in [5.74, 6) is -0.423. The molecule has 0 radical (unpaired) electrons. The SMILES string of the molecule is Cc1c(S(=O)(=O)N2CC[C@@H]([C@H](C)O)C2)cc(C(=O)NCc2cccc3ncccc23)n1C. The van der Waals surface area contributed by atoms with Crippen molar-refractivity contribution in [2.75, 3.05) is 13.1 Å². The lowest BCUT2D eigenvalue weighted by molar-refractivity contribution is 0.0942. The first kappa shape index (κ1) is 22.4. The van der Waals surface area contributed by atoms with E-state index in [0.29, 0.717) is 25.2 Å². The van der Waals surface area contributed by atoms with Crippen molar-refractivity contribution in [2.24, 2.45) is 13.0 Å². The van der Waals surface area contributed by atoms with Crippen LogP contribution in [0.2, 0.25) is 0 Å². The highest BCUT2D eigenvalue weighted by Crippen LogP contribution is 2.29. The Morgan fingerprint density at radius 3 is 2.81 bits per heavy atom. The number of pyridine rings is 1. The van der Waals surface area contributed by atoms with Gasteiger partial charge in [-0.25, -0.2) is 8.42 Å². The van der Waals surface area contributed by atoms with Gasteiger partial charge in [0.2, 0.25) is 10.0 Å². The smallest absolute Gasteiger partial charge is 0.268 e. The molecular formula is C23H28N4O4S. The number of carbonyl (C=O) groups excluding carboxylic acids is 1. The van der Waals surface area contributed by atoms with Crippen LogP contribution in [0.4, 0.5) is 0 Å². The minimum Gasteiger partial charge on any atom is -0.393 e. The Labute approximate surface area is 187 Å². The van der Waals surface area contributed by atoms with Gasteiger partial charge in [-0.3, -0.25) is 9.78 Å². The van der Waals surface area contributed by atoms with E-state index in [1.165, 1.54) is 10.4 Å². The summed E-state index contributed by atoms with van der Waals surface area (Å²) in [6.07, 6.45) is 1.79. The fraction of sp³-hybridized carbons (Fsp3) is 0.391. The topological polar surface area (TPSA) is 105 Å². The highest BCUT2D eigenvalue weighted by molar-refractivity contribution is 7.89. The number of nitrogens with one attached hydrogen (secondary N) is 1. The van der Waals surface area contributed by atoms with E-state index in [4.69, 9.17) is 0 Å². The first-order chi connectivity index (χ1) is 15.2. The zero-order valence-corrected chi connectivity index (χ0v) is 19.3. The van der Waals surface area contributed by atoms with E-state index in [9.17, 15) is 18.3 Å². The second kappa shape index (κ2) is 8.65. The molecule has 0 bridgehead atoms. The Hall–Kier alpha value is -2.75. The van der Waals surface area contributed by atoms with Gasteiger partial charge >= 0.3 is 0 Å². The monoisotopic (exact) mass is 456 g/mol. The molecule has 32 heavy (non-hydrogen) atoms. The van der Waals surface area contributed by atoms with Crippen molar-refractivity contribution in [1.82, 2.24) is 19.2 Å². The lowest BCUT2D eigenvalue weighted by atomic mass is 10.0. The molecule has 1 fully saturated rings. The van der Waals surface area contributed by atoms with Crippen LogP contribution in [0.3, 0.4) is 0 Å². The molecule has 1 saturated heterocycles. The Morgan fingerprint density at radius 1 is 1.31 bits per heavy atom. The van der Waals surface area contributed by atoms with Crippen LogP contribution in [0.15, 0.2) is 47.5 Å². The van der Waals surface area contributed by atoms with E-state index in [-0.39, 0.29) is 29.0 Å². The van der Waals surface area contributed by atoms with Crippen molar-refractivity contribution in [1.29, 1.82) is 0 Å². The van der Waals surface area contributed by atoms with E-state index in [0.717, 1.165) is 16.5 Å². The van der Waals surface area contributed by atoms with Gasteiger partial charge in [-0.05, 0) is 49.9 Å². The van der Waals surface area contributed by atoms with Gasteiger partial charge in [0.15, 0.2) is 0 Å². The molecule has 2 aromatic heterocycles. The number of aliphatic hydroxyl groups excluding tert-OH is 1. The lowest BCUT2D eigenvalue weighted by Gasteiger charge is -2.17. The lowest BCUT2D eigenvalue weighted by Crippen LogP contribution is -2.30. The van der Waals surface area contributed by atoms with Crippen LogP contribution in [0.5, 0.6) is 0 Å². The predicted molar refractivity (Wildman–Crippen MR) is 122 cm³/mol. The summed E-state index contributed by atoms with van der Waals surface area (Å²) < 4.78 is 29.5. The number of amides is 1. The minimum atomic E-state index is -3.75. The molecule has 1 aromatic carbocycles. The average Bonchev–Trinajstić information content (AvgIpc) is 3.39. The molecule has 8 nitrogen and oxygen atoms in total. The second-order valence-corrected chi connectivity index (χ2v) is 10.3. The van der Waals surface area contributed by atoms with E-state index >= 15 is 0 Å². The molecule has 1 amide bonds. The molecule has 1 aliphatic rings. The molecule has 1 aliphatic heterocycles. The summed E-state index contributed by atoms with van der Waals surface area (Å²) >= 11 is 0. The highest BCUT2D eigenvalue weighted by atomic mass is 32.2. The first-order valence-corrected chi connectivity index (χ1v) is 12.1. The molecule has 0 aliphatic carbocycles. The van der Waals surface area contributed by atoms with Gasteiger partial charge in [0.1, 0.15) is 10.6 Å². The van der Waals surface area contributed by atoms with Gasteiger partial charge < -0.3 is 15.0 Å². The largest absolute Gasteiger partial charge is 0.393 e. The fourth-order valence-electron chi connectivity index (χ4n) is 4.24. The molecule has 0 saturated carbocycles. The summed E-state index contributed by atoms with van der Waals surface area (Å²) in [5.41, 5.74) is 2.57. The third kappa shape index (κ3) is 4.03. The Morgan fingerprint density at radius 2 is 2.09 bits per heavy atom. The van der Waals surface area contributed by atoms with Crippen LogP contribution in [-0.4, -0.2) is 52.5 Å². The van der Waals surface area contributed by atoms with Crippen LogP contribution in [-0.2, 0) is 23.6 Å². The van der Waals surface area contributed by atoms with Crippen molar-refractivity contribution in [3.63, 3.8) is 0 Å². The van der Waals surface area contributed by atoms with Gasteiger partial charge in [0.05, 0.1) is 11.6 Å². The van der Waals surface area contributed by atoms with Crippen molar-refractivity contribution in [2.45, 2.75) is 37.8 Å². The number of aliphatic hydroxyl groups is 1. The number of fused-ring (bicyclic) bond motifs is 1. The van der Waals surface area contributed by atoms with Gasteiger partial charge in [0, 0.05) is 44.0 Å². The maximum atomic E-state index is 13.2. The zero-order valence-electron chi connectivity index (χ0n) is 18.4. The first-order valence-electron chi connectivity index (χ1n) is 10.7. The number of nitrogens with zero attached hydrogens (tertiary/aromatic N) is 3. The fourth-order valence-corrected chi connectivity index (χ4v) is 6.03. The standard InChI is InChI=1S/C23H28N4O4S/c1-15-22(32(30,31)27-11-9-18(14-27)16(2)28)12-21(26(15)3)23(29)25-13-17-6-4-8-20-19(17)7-5-10-24-20/h4-8,10,12,16,18,28H,9,11,13-14H2,1-3H3,(H,25,29)/t16-,18+/m0/s1. The highest BCUT2D eigenvalue weighted by Gasteiger charge is 2.36. The maximum absolute atomic E-state index is 13.2. The maximum Gasteiger partial charge on any atom is 0.268 e. The molecule has 3 heterocycles. The molecule has 0 unspecified atom stereocenters. The van der Waals surface area contributed by atoms with E-state index in [1.807, 2.05) is 30.3 Å². The number of benzene rings is 1. The van der Waals surface area contributed by atoms with Crippen molar-refractivity contribution in [3.05, 3.63) is 59.5 Å². The van der Waals surface area contributed by atoms with Gasteiger partial charge in [-0.2, -0.15) is 4.31 Å². The van der Waals surface area contributed by atoms with Gasteiger partial charge in [-0.15, -0.1) is 0 Å². The number of hydrogen-bond acceptors (Lipinski definition) is 5. The Kier molecular flexibility index (Phi) is 6.07. The van der Waals surface area contributed by atoms with Crippen LogP contribution in [0.25, 0.3) is 10.9 Å². The van der Waals surface area contributed by atoms with E-state index in [1.54, 1.807) is 31.7 Å². The quantitative estimate of drug-likeness (QED) is 0.592. The molecule has 4 rings (SSSR count). The van der Waals surface area contributed by atoms with Crippen molar-refractivity contribution in [3.8, 4) is 0 Å². The number of rotatable bonds is 6. The van der Waals surface area contributed by atoms with E-state index in [2.05, 4.69) is 10.3 Å². The molecule has 3 aromatic rings. The Balaban J connectivity index is 1.55. The normalized spacial score (nSPS) is 18.2. The summed E-state index contributed by atoms with van der Waals surface area (Å²) in [6.45, 7) is 4.33. The molecule has 2 N–H and O–H groups in total. The second-order valence-electron chi connectivity index (χ2n) is 8.36. The van der Waals surface area contributed by atoms with Crippen LogP contribution < -0.4 is 5.32 Å². The summed E-state index contributed by atoms with van der Waals surface area (Å²) in [7, 11) is -2.07. The number of hydrogen-bond donors (Lipinski definition) is 2.